The van der Waals surface area contributed by atoms with Crippen LogP contribution < -0.4 is 10.6 Å². The first-order valence-electron chi connectivity index (χ1n) is 12.5. The van der Waals surface area contributed by atoms with E-state index in [-0.39, 0.29) is 17.7 Å². The van der Waals surface area contributed by atoms with E-state index < -0.39 is 34.9 Å². The molecule has 2 unspecified atom stereocenters. The van der Waals surface area contributed by atoms with Gasteiger partial charge in [0.25, 0.3) is 0 Å². The first-order valence-corrected chi connectivity index (χ1v) is 12.5. The van der Waals surface area contributed by atoms with Crippen molar-refractivity contribution < 1.29 is 19.1 Å². The topological polar surface area (TPSA) is 87.7 Å². The van der Waals surface area contributed by atoms with Crippen molar-refractivity contribution in [3.05, 3.63) is 35.4 Å². The lowest BCUT2D eigenvalue weighted by molar-refractivity contribution is -0.150. The average Bonchev–Trinajstić information content (AvgIpc) is 2.67. The van der Waals surface area contributed by atoms with Crippen LogP contribution in [-0.2, 0) is 14.3 Å². The molecule has 0 radical (unpaired) electrons. The fourth-order valence-electron chi connectivity index (χ4n) is 3.65. The van der Waals surface area contributed by atoms with Gasteiger partial charge in [-0.15, -0.1) is 0 Å². The lowest BCUT2D eigenvalue weighted by Gasteiger charge is -2.45. The predicted molar refractivity (Wildman–Crippen MR) is 141 cm³/mol. The van der Waals surface area contributed by atoms with E-state index in [9.17, 15) is 14.4 Å². The molecule has 1 aromatic carbocycles. The second kappa shape index (κ2) is 11.4. The Labute approximate surface area is 212 Å². The number of amides is 3. The normalized spacial score (nSPS) is 14.2. The minimum Gasteiger partial charge on any atom is -0.444 e. The lowest BCUT2D eigenvalue weighted by Crippen LogP contribution is -2.61. The number of hydrogen-bond donors (Lipinski definition) is 2. The summed E-state index contributed by atoms with van der Waals surface area (Å²) >= 11 is 0. The molecule has 198 valence electrons. The fraction of sp³-hybridized carbons (Fsp3) is 0.679. The Morgan fingerprint density at radius 3 is 1.86 bits per heavy atom. The molecular formula is C28H47N3O4. The van der Waals surface area contributed by atoms with Crippen LogP contribution in [0.1, 0.15) is 99.8 Å². The van der Waals surface area contributed by atoms with Gasteiger partial charge in [-0.2, -0.15) is 0 Å². The van der Waals surface area contributed by atoms with Gasteiger partial charge in [0, 0.05) is 11.1 Å². The van der Waals surface area contributed by atoms with Gasteiger partial charge in [0.1, 0.15) is 17.7 Å². The molecule has 1 rings (SSSR count). The van der Waals surface area contributed by atoms with Crippen LogP contribution in [-0.4, -0.2) is 45.5 Å². The molecule has 7 heteroatoms. The van der Waals surface area contributed by atoms with Crippen molar-refractivity contribution in [3.63, 3.8) is 0 Å². The highest BCUT2D eigenvalue weighted by Gasteiger charge is 2.44. The summed E-state index contributed by atoms with van der Waals surface area (Å²) in [5.41, 5.74) is -0.0919. The zero-order valence-electron chi connectivity index (χ0n) is 23.8. The summed E-state index contributed by atoms with van der Waals surface area (Å²) in [7, 11) is 0. The van der Waals surface area contributed by atoms with Crippen LogP contribution >= 0.6 is 0 Å². The van der Waals surface area contributed by atoms with E-state index in [1.165, 1.54) is 0 Å². The molecule has 35 heavy (non-hydrogen) atoms. The first kappa shape index (κ1) is 30.5. The molecular weight excluding hydrogens is 442 g/mol. The zero-order chi connectivity index (χ0) is 27.4. The van der Waals surface area contributed by atoms with Gasteiger partial charge < -0.3 is 20.3 Å². The summed E-state index contributed by atoms with van der Waals surface area (Å²) in [5.74, 6) is -0.821. The van der Waals surface area contributed by atoms with E-state index in [1.54, 1.807) is 25.7 Å². The third-order valence-corrected chi connectivity index (χ3v) is 5.76. The number of hydrogen-bond acceptors (Lipinski definition) is 4. The Hall–Kier alpha value is -2.57. The molecule has 2 atom stereocenters. The number of alkyl carbamates (subject to hydrolysis) is 1. The highest BCUT2D eigenvalue weighted by atomic mass is 16.6. The Morgan fingerprint density at radius 2 is 1.46 bits per heavy atom. The third kappa shape index (κ3) is 9.19. The number of rotatable bonds is 8. The van der Waals surface area contributed by atoms with Gasteiger partial charge in [-0.3, -0.25) is 9.59 Å². The van der Waals surface area contributed by atoms with Crippen molar-refractivity contribution in [2.45, 2.75) is 118 Å². The van der Waals surface area contributed by atoms with Crippen LogP contribution in [0.3, 0.4) is 0 Å². The Bertz CT molecular complexity index is 877. The van der Waals surface area contributed by atoms with E-state index in [4.69, 9.17) is 4.74 Å². The molecule has 0 aliphatic carbocycles. The van der Waals surface area contributed by atoms with Gasteiger partial charge in [0.2, 0.25) is 11.8 Å². The van der Waals surface area contributed by atoms with Crippen molar-refractivity contribution in [2.24, 2.45) is 5.92 Å². The van der Waals surface area contributed by atoms with Crippen LogP contribution in [0.25, 0.3) is 0 Å². The van der Waals surface area contributed by atoms with Crippen LogP contribution in [0, 0.1) is 12.8 Å². The number of carbonyl (C=O) groups is 3. The molecule has 1 aromatic rings. The van der Waals surface area contributed by atoms with Gasteiger partial charge >= 0.3 is 6.09 Å². The van der Waals surface area contributed by atoms with E-state index in [0.717, 1.165) is 5.56 Å². The Balaban J connectivity index is 3.64. The highest BCUT2D eigenvalue weighted by Crippen LogP contribution is 2.33. The summed E-state index contributed by atoms with van der Waals surface area (Å²) < 4.78 is 5.43. The van der Waals surface area contributed by atoms with Crippen molar-refractivity contribution >= 4 is 17.9 Å². The molecule has 0 aliphatic heterocycles. The summed E-state index contributed by atoms with van der Waals surface area (Å²) in [5, 5.41) is 5.83. The van der Waals surface area contributed by atoms with Gasteiger partial charge in [-0.25, -0.2) is 4.79 Å². The van der Waals surface area contributed by atoms with Crippen LogP contribution in [0.5, 0.6) is 0 Å². The van der Waals surface area contributed by atoms with E-state index in [2.05, 4.69) is 10.6 Å². The zero-order valence-corrected chi connectivity index (χ0v) is 23.8. The molecule has 3 amide bonds. The van der Waals surface area contributed by atoms with Crippen LogP contribution in [0.15, 0.2) is 24.3 Å². The summed E-state index contributed by atoms with van der Waals surface area (Å²) in [4.78, 5) is 42.2. The molecule has 0 bridgehead atoms. The molecule has 0 heterocycles. The molecule has 0 aromatic heterocycles. The Morgan fingerprint density at radius 1 is 0.943 bits per heavy atom. The van der Waals surface area contributed by atoms with Gasteiger partial charge in [0.05, 0.1) is 0 Å². The quantitative estimate of drug-likeness (QED) is 0.503. The van der Waals surface area contributed by atoms with Crippen molar-refractivity contribution in [3.8, 4) is 0 Å². The Kier molecular flexibility index (Phi) is 9.96. The third-order valence-electron chi connectivity index (χ3n) is 5.76. The molecule has 0 saturated carbocycles. The highest BCUT2D eigenvalue weighted by molar-refractivity contribution is 5.93. The van der Waals surface area contributed by atoms with Crippen molar-refractivity contribution in [1.29, 1.82) is 0 Å². The second-order valence-electron chi connectivity index (χ2n) is 12.3. The maximum absolute atomic E-state index is 14.2. The lowest BCUT2D eigenvalue weighted by atomic mass is 9.90. The van der Waals surface area contributed by atoms with Gasteiger partial charge in [-0.05, 0) is 80.2 Å². The molecule has 0 spiro atoms. The molecule has 2 N–H and O–H groups in total. The van der Waals surface area contributed by atoms with Crippen LogP contribution in [0.4, 0.5) is 4.79 Å². The number of carbonyl (C=O) groups excluding carboxylic acids is 3. The van der Waals surface area contributed by atoms with Gasteiger partial charge in [0.15, 0.2) is 0 Å². The largest absolute Gasteiger partial charge is 0.444 e. The number of nitrogens with one attached hydrogen (secondary N) is 2. The number of ether oxygens (including phenoxy) is 1. The molecule has 7 nitrogen and oxygen atoms in total. The average molecular weight is 490 g/mol. The van der Waals surface area contributed by atoms with E-state index >= 15 is 0 Å². The number of nitrogens with zero attached hydrogens (tertiary/aromatic N) is 1. The number of benzene rings is 1. The standard InChI is InChI=1S/C28H47N3O4/c1-13-28(11,12)31(24(33)21(18(2)3)29-25(34)35-27(8,9)10)22(23(32)30-26(5,6)7)20-16-14-19(4)15-17-20/h14-18,21-22H,13H2,1-12H3,(H,29,34)(H,30,32). The predicted octanol–water partition coefficient (Wildman–Crippen LogP) is 5.52. The minimum absolute atomic E-state index is 0.227. The first-order chi connectivity index (χ1) is 15.8. The van der Waals surface area contributed by atoms with Crippen molar-refractivity contribution in [1.82, 2.24) is 15.5 Å². The second-order valence-corrected chi connectivity index (χ2v) is 12.3. The maximum atomic E-state index is 14.2. The summed E-state index contributed by atoms with van der Waals surface area (Å²) in [6, 6.07) is 5.91. The molecule has 0 saturated heterocycles. The summed E-state index contributed by atoms with van der Waals surface area (Å²) in [6.45, 7) is 22.6. The van der Waals surface area contributed by atoms with Crippen LogP contribution in [0.2, 0.25) is 0 Å². The number of aryl methyl sites for hydroxylation is 1. The smallest absolute Gasteiger partial charge is 0.408 e. The van der Waals surface area contributed by atoms with Crippen molar-refractivity contribution in [2.75, 3.05) is 0 Å². The molecule has 0 aliphatic rings. The van der Waals surface area contributed by atoms with Gasteiger partial charge in [-0.1, -0.05) is 50.6 Å². The summed E-state index contributed by atoms with van der Waals surface area (Å²) in [6.07, 6.45) is -0.0499. The fourth-order valence-corrected chi connectivity index (χ4v) is 3.65. The SMILES string of the molecule is CCC(C)(C)N(C(=O)C(NC(=O)OC(C)(C)C)C(C)C)C(C(=O)NC(C)(C)C)c1ccc(C)cc1. The van der Waals surface area contributed by atoms with E-state index in [1.807, 2.05) is 86.6 Å². The monoisotopic (exact) mass is 489 g/mol. The minimum atomic E-state index is -0.876. The molecule has 0 fully saturated rings. The maximum Gasteiger partial charge on any atom is 0.408 e. The van der Waals surface area contributed by atoms with E-state index in [0.29, 0.717) is 12.0 Å².